The Balaban J connectivity index is 2.25. The largest absolute Gasteiger partial charge is 0.204 e. The molecule has 0 aliphatic rings. The summed E-state index contributed by atoms with van der Waals surface area (Å²) < 4.78 is 26.7. The minimum Gasteiger partial charge on any atom is -0.204 e. The number of halogens is 4. The Bertz CT molecular complexity index is 597. The van der Waals surface area contributed by atoms with Crippen LogP contribution in [-0.4, -0.2) is 0 Å². The molecule has 0 amide bonds. The molecule has 0 aromatic heterocycles. The average molecular weight is 301 g/mol. The number of rotatable bonds is 3. The number of alkyl halides is 1. The van der Waals surface area contributed by atoms with Crippen LogP contribution in [0.25, 0.3) is 0 Å². The lowest BCUT2D eigenvalue weighted by Crippen LogP contribution is -2.01. The number of aryl methyl sites for hydroxylation is 1. The van der Waals surface area contributed by atoms with E-state index in [0.29, 0.717) is 5.02 Å². The molecule has 1 unspecified atom stereocenters. The average Bonchev–Trinajstić information content (AvgIpc) is 2.34. The van der Waals surface area contributed by atoms with Gasteiger partial charge >= 0.3 is 0 Å². The summed E-state index contributed by atoms with van der Waals surface area (Å²) >= 11 is 12.4. The van der Waals surface area contributed by atoms with Gasteiger partial charge in [0.1, 0.15) is 0 Å². The van der Waals surface area contributed by atoms with Crippen LogP contribution >= 0.6 is 23.2 Å². The summed E-state index contributed by atoms with van der Waals surface area (Å²) in [6.45, 7) is 1.92. The van der Waals surface area contributed by atoms with Crippen LogP contribution in [0.4, 0.5) is 8.78 Å². The van der Waals surface area contributed by atoms with Crippen molar-refractivity contribution in [3.63, 3.8) is 0 Å². The molecule has 1 atom stereocenters. The summed E-state index contributed by atoms with van der Waals surface area (Å²) in [5.41, 5.74) is 1.99. The summed E-state index contributed by atoms with van der Waals surface area (Å²) in [4.78, 5) is 0. The van der Waals surface area contributed by atoms with Gasteiger partial charge in [-0.25, -0.2) is 8.78 Å². The van der Waals surface area contributed by atoms with Gasteiger partial charge in [0.25, 0.3) is 0 Å². The van der Waals surface area contributed by atoms with E-state index in [9.17, 15) is 8.78 Å². The molecule has 19 heavy (non-hydrogen) atoms. The van der Waals surface area contributed by atoms with E-state index in [1.807, 2.05) is 19.1 Å². The third-order valence-corrected chi connectivity index (χ3v) is 3.64. The first-order valence-electron chi connectivity index (χ1n) is 5.82. The van der Waals surface area contributed by atoms with Crippen molar-refractivity contribution in [3.05, 3.63) is 69.7 Å². The molecular formula is C15H12Cl2F2. The van der Waals surface area contributed by atoms with Gasteiger partial charge < -0.3 is 0 Å². The zero-order chi connectivity index (χ0) is 14.0. The third-order valence-electron chi connectivity index (χ3n) is 2.92. The van der Waals surface area contributed by atoms with Gasteiger partial charge in [-0.15, -0.1) is 11.6 Å². The molecule has 100 valence electrons. The molecule has 2 aromatic rings. The molecule has 2 rings (SSSR count). The van der Waals surface area contributed by atoms with E-state index in [0.717, 1.165) is 17.2 Å². The highest BCUT2D eigenvalue weighted by molar-refractivity contribution is 6.32. The maximum absolute atomic E-state index is 13.6. The van der Waals surface area contributed by atoms with Crippen LogP contribution < -0.4 is 0 Å². The fraction of sp³-hybridized carbons (Fsp3) is 0.200. The van der Waals surface area contributed by atoms with Crippen molar-refractivity contribution in [1.82, 2.24) is 0 Å². The van der Waals surface area contributed by atoms with E-state index in [1.54, 1.807) is 6.07 Å². The standard InChI is InChI=1S/C15H12Cl2F2/c1-9-5-6-11(12(16)7-9)13(17)8-10-3-2-4-14(18)15(10)19/h2-7,13H,8H2,1H3. The fourth-order valence-electron chi connectivity index (χ4n) is 1.90. The van der Waals surface area contributed by atoms with Gasteiger partial charge in [-0.05, 0) is 42.2 Å². The van der Waals surface area contributed by atoms with Crippen LogP contribution in [0.1, 0.15) is 22.1 Å². The van der Waals surface area contributed by atoms with Crippen molar-refractivity contribution in [2.45, 2.75) is 18.7 Å². The first-order valence-corrected chi connectivity index (χ1v) is 6.63. The summed E-state index contributed by atoms with van der Waals surface area (Å²) in [5.74, 6) is -1.72. The molecule has 0 nitrogen and oxygen atoms in total. The molecule has 0 spiro atoms. The Morgan fingerprint density at radius 2 is 1.89 bits per heavy atom. The van der Waals surface area contributed by atoms with Crippen molar-refractivity contribution in [1.29, 1.82) is 0 Å². The van der Waals surface area contributed by atoms with Crippen LogP contribution in [0.15, 0.2) is 36.4 Å². The molecule has 0 fully saturated rings. The van der Waals surface area contributed by atoms with Crippen molar-refractivity contribution in [2.75, 3.05) is 0 Å². The van der Waals surface area contributed by atoms with Gasteiger partial charge in [-0.2, -0.15) is 0 Å². The lowest BCUT2D eigenvalue weighted by molar-refractivity contribution is 0.498. The molecule has 0 aliphatic carbocycles. The summed E-state index contributed by atoms with van der Waals surface area (Å²) in [5, 5.41) is 0.0428. The van der Waals surface area contributed by atoms with Gasteiger partial charge in [-0.1, -0.05) is 35.9 Å². The highest BCUT2D eigenvalue weighted by Gasteiger charge is 2.16. The zero-order valence-corrected chi connectivity index (χ0v) is 11.8. The van der Waals surface area contributed by atoms with E-state index in [2.05, 4.69) is 0 Å². The van der Waals surface area contributed by atoms with E-state index in [4.69, 9.17) is 23.2 Å². The van der Waals surface area contributed by atoms with Crippen LogP contribution in [0.3, 0.4) is 0 Å². The van der Waals surface area contributed by atoms with E-state index >= 15 is 0 Å². The number of hydrogen-bond donors (Lipinski definition) is 0. The van der Waals surface area contributed by atoms with Crippen LogP contribution in [0, 0.1) is 18.6 Å². The van der Waals surface area contributed by atoms with Gasteiger partial charge in [-0.3, -0.25) is 0 Å². The Labute approximate surface area is 121 Å². The molecule has 0 saturated heterocycles. The first-order chi connectivity index (χ1) is 8.99. The van der Waals surface area contributed by atoms with Gasteiger partial charge in [0.05, 0.1) is 5.38 Å². The predicted octanol–water partition coefficient (Wildman–Crippen LogP) is 5.45. The second-order valence-electron chi connectivity index (χ2n) is 4.41. The fourth-order valence-corrected chi connectivity index (χ4v) is 2.67. The van der Waals surface area contributed by atoms with Crippen LogP contribution in [0.5, 0.6) is 0 Å². The Hall–Kier alpha value is -1.12. The number of benzene rings is 2. The molecule has 0 N–H and O–H groups in total. The van der Waals surface area contributed by atoms with Crippen molar-refractivity contribution >= 4 is 23.2 Å². The van der Waals surface area contributed by atoms with Crippen LogP contribution in [-0.2, 0) is 6.42 Å². The zero-order valence-electron chi connectivity index (χ0n) is 10.3. The summed E-state index contributed by atoms with van der Waals surface area (Å²) in [6.07, 6.45) is 0.188. The Morgan fingerprint density at radius 1 is 1.16 bits per heavy atom. The van der Waals surface area contributed by atoms with E-state index in [1.165, 1.54) is 12.1 Å². The lowest BCUT2D eigenvalue weighted by atomic mass is 10.0. The second-order valence-corrected chi connectivity index (χ2v) is 5.34. The monoisotopic (exact) mass is 300 g/mol. The maximum atomic E-state index is 13.6. The summed E-state index contributed by atoms with van der Waals surface area (Å²) in [6, 6.07) is 9.57. The molecule has 2 aromatic carbocycles. The van der Waals surface area contributed by atoms with E-state index in [-0.39, 0.29) is 12.0 Å². The topological polar surface area (TPSA) is 0 Å². The molecule has 0 heterocycles. The summed E-state index contributed by atoms with van der Waals surface area (Å²) in [7, 11) is 0. The molecule has 0 aliphatic heterocycles. The molecule has 4 heteroatoms. The highest BCUT2D eigenvalue weighted by atomic mass is 35.5. The predicted molar refractivity (Wildman–Crippen MR) is 74.8 cm³/mol. The first kappa shape index (κ1) is 14.3. The minimum atomic E-state index is -0.864. The molecular weight excluding hydrogens is 289 g/mol. The van der Waals surface area contributed by atoms with Crippen molar-refractivity contribution in [2.24, 2.45) is 0 Å². The lowest BCUT2D eigenvalue weighted by Gasteiger charge is -2.13. The second kappa shape index (κ2) is 5.89. The third kappa shape index (κ3) is 3.26. The Morgan fingerprint density at radius 3 is 2.58 bits per heavy atom. The highest BCUT2D eigenvalue weighted by Crippen LogP contribution is 2.32. The normalized spacial score (nSPS) is 12.5. The quantitative estimate of drug-likeness (QED) is 0.661. The van der Waals surface area contributed by atoms with Crippen molar-refractivity contribution < 1.29 is 8.78 Å². The molecule has 0 bridgehead atoms. The van der Waals surface area contributed by atoms with Crippen molar-refractivity contribution in [3.8, 4) is 0 Å². The van der Waals surface area contributed by atoms with Crippen LogP contribution in [0.2, 0.25) is 5.02 Å². The van der Waals surface area contributed by atoms with Gasteiger partial charge in [0.2, 0.25) is 0 Å². The van der Waals surface area contributed by atoms with Gasteiger partial charge in [0, 0.05) is 5.02 Å². The molecule has 0 saturated carbocycles. The molecule has 0 radical (unpaired) electrons. The number of hydrogen-bond acceptors (Lipinski definition) is 0. The van der Waals surface area contributed by atoms with Gasteiger partial charge in [0.15, 0.2) is 11.6 Å². The SMILES string of the molecule is Cc1ccc(C(Cl)Cc2cccc(F)c2F)c(Cl)c1. The minimum absolute atomic E-state index is 0.188. The van der Waals surface area contributed by atoms with E-state index < -0.39 is 17.0 Å². The smallest absolute Gasteiger partial charge is 0.162 e. The maximum Gasteiger partial charge on any atom is 0.162 e. The Kier molecular flexibility index (Phi) is 4.43.